The molecule has 1 aromatic carbocycles. The molecule has 0 aromatic heterocycles. The molecule has 0 spiro atoms. The average molecular weight is 614 g/mol. The van der Waals surface area contributed by atoms with Crippen LogP contribution in [0.2, 0.25) is 5.02 Å². The lowest BCUT2D eigenvalue weighted by atomic mass is 10.0. The molecule has 3 N–H and O–H groups in total. The number of ether oxygens (including phenoxy) is 1. The number of likely N-dealkylation sites (N-methyl/N-ethyl adjacent to an activating group) is 1. The Morgan fingerprint density at radius 3 is 2.20 bits per heavy atom. The maximum absolute atomic E-state index is 11.9. The van der Waals surface area contributed by atoms with Crippen LogP contribution in [0.5, 0.6) is 5.75 Å². The second kappa shape index (κ2) is 22.0. The van der Waals surface area contributed by atoms with Crippen molar-refractivity contribution in [1.82, 2.24) is 16.0 Å². The molecule has 0 saturated heterocycles. The van der Waals surface area contributed by atoms with Crippen molar-refractivity contribution < 1.29 is 32.3 Å². The molecule has 0 aliphatic rings. The number of nitrogens with one attached hydrogen (secondary N) is 3. The molecule has 2 amide bonds. The summed E-state index contributed by atoms with van der Waals surface area (Å²) in [6.45, 7) is 10.0. The van der Waals surface area contributed by atoms with Gasteiger partial charge in [0.15, 0.2) is 18.2 Å². The zero-order valence-electron chi connectivity index (χ0n) is 24.1. The fourth-order valence-electron chi connectivity index (χ4n) is 2.59. The average Bonchev–Trinajstić information content (AvgIpc) is 2.87. The lowest BCUT2D eigenvalue weighted by molar-refractivity contribution is -0.123. The number of aliphatic imine (C=N–C) groups is 1. The van der Waals surface area contributed by atoms with E-state index in [1.807, 2.05) is 13.8 Å². The zero-order chi connectivity index (χ0) is 31.3. The van der Waals surface area contributed by atoms with Crippen LogP contribution >= 0.6 is 23.2 Å². The molecule has 1 unspecified atom stereocenters. The Kier molecular flexibility index (Phi) is 21.6. The molecular weight excluding hydrogens is 572 g/mol. The third kappa shape index (κ3) is 21.1. The lowest BCUT2D eigenvalue weighted by Gasteiger charge is -2.13. The number of rotatable bonds is 12. The first-order valence-electron chi connectivity index (χ1n) is 12.5. The van der Waals surface area contributed by atoms with Gasteiger partial charge in [-0.25, -0.2) is 0 Å². The molecule has 1 atom stereocenters. The number of amidine groups is 1. The molecule has 1 rings (SSSR count). The van der Waals surface area contributed by atoms with Gasteiger partial charge in [-0.1, -0.05) is 37.4 Å². The molecule has 40 heavy (non-hydrogen) atoms. The Morgan fingerprint density at radius 1 is 1.07 bits per heavy atom. The molecule has 0 aliphatic carbocycles. The summed E-state index contributed by atoms with van der Waals surface area (Å²) < 4.78 is 41.0. The maximum atomic E-state index is 11.9. The predicted molar refractivity (Wildman–Crippen MR) is 155 cm³/mol. The van der Waals surface area contributed by atoms with Crippen molar-refractivity contribution >= 4 is 46.6 Å². The van der Waals surface area contributed by atoms with Crippen LogP contribution in [0.4, 0.5) is 13.2 Å². The highest BCUT2D eigenvalue weighted by molar-refractivity contribution is 6.38. The largest absolute Gasteiger partial charge is 0.483 e. The number of amides is 2. The molecule has 0 heterocycles. The van der Waals surface area contributed by atoms with Crippen molar-refractivity contribution in [1.29, 1.82) is 0 Å². The van der Waals surface area contributed by atoms with Crippen LogP contribution in [-0.2, 0) is 20.9 Å². The minimum atomic E-state index is -4.40. The van der Waals surface area contributed by atoms with E-state index in [1.54, 1.807) is 32.0 Å². The summed E-state index contributed by atoms with van der Waals surface area (Å²) in [5.74, 6) is -0.110. The molecule has 0 bridgehead atoms. The van der Waals surface area contributed by atoms with Crippen molar-refractivity contribution in [3.8, 4) is 5.75 Å². The van der Waals surface area contributed by atoms with Crippen molar-refractivity contribution in [3.63, 3.8) is 0 Å². The summed E-state index contributed by atoms with van der Waals surface area (Å²) in [5, 5.41) is 8.52. The van der Waals surface area contributed by atoms with Crippen LogP contribution in [0, 0.1) is 5.92 Å². The molecule has 228 valence electrons. The minimum absolute atomic E-state index is 0.00555. The fraction of sp³-hybridized carbons (Fsp3) is 0.556. The number of ketones is 1. The van der Waals surface area contributed by atoms with E-state index in [4.69, 9.17) is 16.3 Å². The van der Waals surface area contributed by atoms with Crippen molar-refractivity contribution in [2.75, 3.05) is 26.1 Å². The van der Waals surface area contributed by atoms with Gasteiger partial charge in [0.2, 0.25) is 5.91 Å². The highest BCUT2D eigenvalue weighted by Crippen LogP contribution is 2.23. The monoisotopic (exact) mass is 612 g/mol. The Labute approximate surface area is 245 Å². The number of alkyl halides is 4. The molecule has 8 nitrogen and oxygen atoms in total. The van der Waals surface area contributed by atoms with Gasteiger partial charge >= 0.3 is 6.18 Å². The minimum Gasteiger partial charge on any atom is -0.483 e. The first-order valence-corrected chi connectivity index (χ1v) is 13.7. The van der Waals surface area contributed by atoms with E-state index in [1.165, 1.54) is 12.6 Å². The highest BCUT2D eigenvalue weighted by Gasteiger charge is 2.27. The van der Waals surface area contributed by atoms with Crippen LogP contribution < -0.4 is 20.7 Å². The number of allylic oxidation sites excluding steroid dienone is 1. The summed E-state index contributed by atoms with van der Waals surface area (Å²) in [6, 6.07) is 5.13. The third-order valence-corrected chi connectivity index (χ3v) is 4.94. The van der Waals surface area contributed by atoms with Crippen LogP contribution in [0.15, 0.2) is 35.0 Å². The fourth-order valence-corrected chi connectivity index (χ4v) is 2.78. The standard InChI is InChI=1S/C17H25ClN2O3.C9H13F3N2O.CH3Cl/c1-4-12(3)8-16(21)20-10-13-9-14(18)6-7-15(13)23-11-17(22)19-5-2;1-6(2)4-13-8(7(3)15)14-5-9(10,11)12;1-2/h6-7,9,12H,4-5,8,10-11H2,1-3H3,(H,19,22)(H,20,21);4H,5H2,1-3H3,(H,13,14);1H3. The van der Waals surface area contributed by atoms with E-state index in [0.717, 1.165) is 24.5 Å². The van der Waals surface area contributed by atoms with E-state index in [9.17, 15) is 27.6 Å². The molecule has 0 fully saturated rings. The van der Waals surface area contributed by atoms with Crippen LogP contribution in [0.25, 0.3) is 0 Å². The number of hydrogen-bond acceptors (Lipinski definition) is 5. The Bertz CT molecular complexity index is 983. The number of nitrogens with zero attached hydrogens (tertiary/aromatic N) is 1. The van der Waals surface area contributed by atoms with Gasteiger partial charge in [-0.15, -0.1) is 11.6 Å². The first-order chi connectivity index (χ1) is 18.7. The van der Waals surface area contributed by atoms with Crippen molar-refractivity contribution in [3.05, 3.63) is 40.6 Å². The third-order valence-electron chi connectivity index (χ3n) is 4.71. The van der Waals surface area contributed by atoms with Crippen molar-refractivity contribution in [2.24, 2.45) is 10.9 Å². The number of hydrogen-bond donors (Lipinski definition) is 3. The molecule has 13 heteroatoms. The van der Waals surface area contributed by atoms with Gasteiger partial charge < -0.3 is 20.7 Å². The topological polar surface area (TPSA) is 109 Å². The maximum Gasteiger partial charge on any atom is 0.408 e. The molecule has 0 saturated carbocycles. The van der Waals surface area contributed by atoms with Gasteiger partial charge in [0.1, 0.15) is 12.3 Å². The molecular formula is C27H41Cl2F3N4O4. The Morgan fingerprint density at radius 2 is 1.70 bits per heavy atom. The second-order valence-corrected chi connectivity index (χ2v) is 9.13. The van der Waals surface area contributed by atoms with Crippen LogP contribution in [0.3, 0.4) is 0 Å². The molecule has 0 aliphatic heterocycles. The van der Waals surface area contributed by atoms with E-state index >= 15 is 0 Å². The van der Waals surface area contributed by atoms with Crippen molar-refractivity contribution in [2.45, 2.75) is 67.1 Å². The summed E-state index contributed by atoms with van der Waals surface area (Å²) in [4.78, 5) is 37.4. The SMILES string of the molecule is CC(=O)C(=NCC(F)(F)F)NC=C(C)C.CCNC(=O)COc1ccc(Cl)cc1CNC(=O)CC(C)CC.CCl. The van der Waals surface area contributed by atoms with E-state index in [-0.39, 0.29) is 24.3 Å². The predicted octanol–water partition coefficient (Wildman–Crippen LogP) is 5.81. The van der Waals surface area contributed by atoms with Crippen LogP contribution in [0.1, 0.15) is 59.9 Å². The van der Waals surface area contributed by atoms with E-state index in [0.29, 0.717) is 36.2 Å². The van der Waals surface area contributed by atoms with Gasteiger partial charge in [-0.3, -0.25) is 19.4 Å². The smallest absolute Gasteiger partial charge is 0.408 e. The molecule has 1 aromatic rings. The summed E-state index contributed by atoms with van der Waals surface area (Å²) in [5.41, 5.74) is 1.58. The summed E-state index contributed by atoms with van der Waals surface area (Å²) in [7, 11) is 0. The van der Waals surface area contributed by atoms with Gasteiger partial charge in [-0.05, 0) is 44.9 Å². The van der Waals surface area contributed by atoms with Gasteiger partial charge in [0, 0.05) is 49.6 Å². The lowest BCUT2D eigenvalue weighted by Crippen LogP contribution is -2.29. The summed E-state index contributed by atoms with van der Waals surface area (Å²) >= 11 is 10.6. The Hall–Kier alpha value is -2.79. The van der Waals surface area contributed by atoms with Gasteiger partial charge in [-0.2, -0.15) is 13.2 Å². The Balaban J connectivity index is 0. The number of benzene rings is 1. The second-order valence-electron chi connectivity index (χ2n) is 8.69. The van der Waals surface area contributed by atoms with E-state index in [2.05, 4.69) is 39.5 Å². The number of halogens is 5. The summed E-state index contributed by atoms with van der Waals surface area (Å²) in [6.07, 6.45) is -0.0401. The number of Topliss-reactive ketones (excluding diaryl/α,β-unsaturated/α-hetero) is 1. The first kappa shape index (κ1) is 39.4. The van der Waals surface area contributed by atoms with E-state index < -0.39 is 18.5 Å². The number of carbonyl (C=O) groups is 3. The van der Waals surface area contributed by atoms with Gasteiger partial charge in [0.05, 0.1) is 0 Å². The van der Waals surface area contributed by atoms with Crippen LogP contribution in [-0.4, -0.2) is 55.7 Å². The zero-order valence-corrected chi connectivity index (χ0v) is 25.6. The molecule has 0 radical (unpaired) electrons. The van der Waals surface area contributed by atoms with Gasteiger partial charge in [0.25, 0.3) is 5.91 Å². The highest BCUT2D eigenvalue weighted by atomic mass is 35.5. The normalized spacial score (nSPS) is 11.4. The quantitative estimate of drug-likeness (QED) is 0.157. The number of carbonyl (C=O) groups excluding carboxylic acids is 3.